The van der Waals surface area contributed by atoms with Crippen molar-refractivity contribution in [2.45, 2.75) is 0 Å². The van der Waals surface area contributed by atoms with Crippen LogP contribution in [-0.2, 0) is 0 Å². The maximum absolute atomic E-state index is 12.2. The van der Waals surface area contributed by atoms with E-state index in [1.807, 2.05) is 35.7 Å². The predicted octanol–water partition coefficient (Wildman–Crippen LogP) is 4.16. The fourth-order valence-corrected chi connectivity index (χ4v) is 3.19. The van der Waals surface area contributed by atoms with E-state index in [9.17, 15) is 4.79 Å². The number of halogens is 1. The van der Waals surface area contributed by atoms with Gasteiger partial charge in [-0.05, 0) is 29.6 Å². The SMILES string of the molecule is O=c1[nH]c(-c2cccs2)nc2c1oc1ccc(Br)cc12. The number of hydrogen-bond donors (Lipinski definition) is 1. The van der Waals surface area contributed by atoms with Gasteiger partial charge in [-0.3, -0.25) is 4.79 Å². The van der Waals surface area contributed by atoms with Crippen molar-refractivity contribution in [2.24, 2.45) is 0 Å². The van der Waals surface area contributed by atoms with Gasteiger partial charge in [0.05, 0.1) is 4.88 Å². The van der Waals surface area contributed by atoms with Crippen molar-refractivity contribution in [3.05, 3.63) is 50.5 Å². The fraction of sp³-hybridized carbons (Fsp3) is 0. The highest BCUT2D eigenvalue weighted by atomic mass is 79.9. The van der Waals surface area contributed by atoms with Gasteiger partial charge in [-0.2, -0.15) is 0 Å². The van der Waals surface area contributed by atoms with Gasteiger partial charge in [0.15, 0.2) is 5.82 Å². The van der Waals surface area contributed by atoms with Crippen LogP contribution in [0, 0.1) is 0 Å². The van der Waals surface area contributed by atoms with E-state index in [-0.39, 0.29) is 11.1 Å². The summed E-state index contributed by atoms with van der Waals surface area (Å²) < 4.78 is 6.51. The van der Waals surface area contributed by atoms with Crippen LogP contribution in [0.15, 0.2) is 49.4 Å². The van der Waals surface area contributed by atoms with Gasteiger partial charge in [-0.1, -0.05) is 22.0 Å². The average molecular weight is 347 g/mol. The second-order valence-corrected chi connectivity index (χ2v) is 6.18. The number of aromatic nitrogens is 2. The Kier molecular flexibility index (Phi) is 2.55. The Morgan fingerprint density at radius 2 is 2.20 bits per heavy atom. The molecule has 0 saturated carbocycles. The first-order chi connectivity index (χ1) is 9.72. The van der Waals surface area contributed by atoms with E-state index in [2.05, 4.69) is 25.9 Å². The zero-order valence-corrected chi connectivity index (χ0v) is 12.4. The van der Waals surface area contributed by atoms with Crippen molar-refractivity contribution in [3.8, 4) is 10.7 Å². The molecule has 20 heavy (non-hydrogen) atoms. The van der Waals surface area contributed by atoms with Crippen LogP contribution in [-0.4, -0.2) is 9.97 Å². The first-order valence-electron chi connectivity index (χ1n) is 5.88. The molecule has 0 aliphatic carbocycles. The summed E-state index contributed by atoms with van der Waals surface area (Å²) in [4.78, 5) is 20.4. The van der Waals surface area contributed by atoms with Gasteiger partial charge in [0.25, 0.3) is 5.56 Å². The summed E-state index contributed by atoms with van der Waals surface area (Å²) in [5, 5.41) is 2.78. The zero-order valence-electron chi connectivity index (χ0n) is 10.0. The van der Waals surface area contributed by atoms with Crippen molar-refractivity contribution < 1.29 is 4.42 Å². The third kappa shape index (κ3) is 1.72. The Labute approximate surface area is 125 Å². The lowest BCUT2D eigenvalue weighted by atomic mass is 10.2. The zero-order chi connectivity index (χ0) is 13.7. The van der Waals surface area contributed by atoms with Gasteiger partial charge in [0.1, 0.15) is 11.1 Å². The highest BCUT2D eigenvalue weighted by molar-refractivity contribution is 9.10. The van der Waals surface area contributed by atoms with Crippen LogP contribution in [0.1, 0.15) is 0 Å². The molecule has 6 heteroatoms. The molecule has 0 aliphatic heterocycles. The van der Waals surface area contributed by atoms with Gasteiger partial charge in [0.2, 0.25) is 5.58 Å². The molecule has 3 heterocycles. The average Bonchev–Trinajstić information content (AvgIpc) is 3.06. The maximum Gasteiger partial charge on any atom is 0.294 e. The first-order valence-corrected chi connectivity index (χ1v) is 7.55. The number of nitrogens with one attached hydrogen (secondary N) is 1. The van der Waals surface area contributed by atoms with Gasteiger partial charge in [-0.25, -0.2) is 4.98 Å². The minimum absolute atomic E-state index is 0.259. The summed E-state index contributed by atoms with van der Waals surface area (Å²) in [5.74, 6) is 0.570. The highest BCUT2D eigenvalue weighted by Crippen LogP contribution is 2.29. The molecule has 4 rings (SSSR count). The van der Waals surface area contributed by atoms with Crippen LogP contribution < -0.4 is 5.56 Å². The molecule has 0 bridgehead atoms. The lowest BCUT2D eigenvalue weighted by Gasteiger charge is -1.96. The predicted molar refractivity (Wildman–Crippen MR) is 83.1 cm³/mol. The molecular formula is C14H7BrN2O2S. The lowest BCUT2D eigenvalue weighted by molar-refractivity contribution is 0.661. The summed E-state index contributed by atoms with van der Waals surface area (Å²) in [7, 11) is 0. The Morgan fingerprint density at radius 3 is 3.00 bits per heavy atom. The quantitative estimate of drug-likeness (QED) is 0.562. The normalized spacial score (nSPS) is 11.4. The summed E-state index contributed by atoms with van der Waals surface area (Å²) in [6.07, 6.45) is 0. The molecular weight excluding hydrogens is 340 g/mol. The number of benzene rings is 1. The molecule has 0 fully saturated rings. The van der Waals surface area contributed by atoms with E-state index < -0.39 is 0 Å². The van der Waals surface area contributed by atoms with Crippen molar-refractivity contribution in [3.63, 3.8) is 0 Å². The molecule has 4 aromatic rings. The smallest absolute Gasteiger partial charge is 0.294 e. The Bertz CT molecular complexity index is 986. The van der Waals surface area contributed by atoms with Crippen LogP contribution in [0.5, 0.6) is 0 Å². The number of aromatic amines is 1. The van der Waals surface area contributed by atoms with Crippen molar-refractivity contribution in [2.75, 3.05) is 0 Å². The third-order valence-corrected chi connectivity index (χ3v) is 4.41. The monoisotopic (exact) mass is 346 g/mol. The summed E-state index contributed by atoms with van der Waals surface area (Å²) in [5.41, 5.74) is 1.25. The Balaban J connectivity index is 2.14. The Morgan fingerprint density at radius 1 is 1.30 bits per heavy atom. The summed E-state index contributed by atoms with van der Waals surface area (Å²) in [6.45, 7) is 0. The molecule has 0 radical (unpaired) electrons. The highest BCUT2D eigenvalue weighted by Gasteiger charge is 2.14. The van der Waals surface area contributed by atoms with E-state index in [0.29, 0.717) is 16.9 Å². The van der Waals surface area contributed by atoms with Crippen molar-refractivity contribution >= 4 is 49.3 Å². The molecule has 1 aromatic carbocycles. The minimum atomic E-state index is -0.259. The molecule has 3 aromatic heterocycles. The molecule has 0 unspecified atom stereocenters. The van der Waals surface area contributed by atoms with Crippen LogP contribution in [0.2, 0.25) is 0 Å². The number of fused-ring (bicyclic) bond motifs is 3. The van der Waals surface area contributed by atoms with E-state index in [1.54, 1.807) is 0 Å². The van der Waals surface area contributed by atoms with Crippen LogP contribution in [0.25, 0.3) is 32.8 Å². The van der Waals surface area contributed by atoms with Gasteiger partial charge >= 0.3 is 0 Å². The number of furan rings is 1. The van der Waals surface area contributed by atoms with Crippen LogP contribution >= 0.6 is 27.3 Å². The standard InChI is InChI=1S/C14H7BrN2O2S/c15-7-3-4-9-8(6-7)11-12(19-9)14(18)17-13(16-11)10-2-1-5-20-10/h1-6H,(H,16,17,18). The minimum Gasteiger partial charge on any atom is -0.449 e. The van der Waals surface area contributed by atoms with E-state index in [0.717, 1.165) is 14.7 Å². The maximum atomic E-state index is 12.2. The molecule has 0 spiro atoms. The summed E-state index contributed by atoms with van der Waals surface area (Å²) in [6, 6.07) is 9.46. The number of H-pyrrole nitrogens is 1. The second-order valence-electron chi connectivity index (χ2n) is 4.31. The van der Waals surface area contributed by atoms with E-state index in [1.165, 1.54) is 11.3 Å². The number of rotatable bonds is 1. The van der Waals surface area contributed by atoms with Gasteiger partial charge < -0.3 is 9.40 Å². The molecule has 0 aliphatic rings. The number of thiophene rings is 1. The van der Waals surface area contributed by atoms with Gasteiger partial charge in [0, 0.05) is 9.86 Å². The molecule has 98 valence electrons. The third-order valence-electron chi connectivity index (χ3n) is 3.04. The molecule has 4 nitrogen and oxygen atoms in total. The largest absolute Gasteiger partial charge is 0.449 e. The van der Waals surface area contributed by atoms with Crippen molar-refractivity contribution in [1.82, 2.24) is 9.97 Å². The Hall–Kier alpha value is -1.92. The molecule has 1 N–H and O–H groups in total. The molecule has 0 amide bonds. The van der Waals surface area contributed by atoms with Crippen molar-refractivity contribution in [1.29, 1.82) is 0 Å². The van der Waals surface area contributed by atoms with Crippen LogP contribution in [0.3, 0.4) is 0 Å². The first kappa shape index (κ1) is 11.9. The molecule has 0 saturated heterocycles. The lowest BCUT2D eigenvalue weighted by Crippen LogP contribution is -2.07. The topological polar surface area (TPSA) is 58.9 Å². The summed E-state index contributed by atoms with van der Waals surface area (Å²) >= 11 is 4.96. The van der Waals surface area contributed by atoms with Gasteiger partial charge in [-0.15, -0.1) is 11.3 Å². The number of nitrogens with zero attached hydrogens (tertiary/aromatic N) is 1. The fourth-order valence-electron chi connectivity index (χ4n) is 2.16. The second kappa shape index (κ2) is 4.29. The van der Waals surface area contributed by atoms with E-state index >= 15 is 0 Å². The van der Waals surface area contributed by atoms with E-state index in [4.69, 9.17) is 4.42 Å². The number of hydrogen-bond acceptors (Lipinski definition) is 4. The molecule has 0 atom stereocenters. The van der Waals surface area contributed by atoms with Crippen LogP contribution in [0.4, 0.5) is 0 Å².